The third-order valence-electron chi connectivity index (χ3n) is 4.06. The molecule has 102 valence electrons. The van der Waals surface area contributed by atoms with Crippen molar-refractivity contribution in [3.05, 3.63) is 18.3 Å². The number of hydrogen-bond acceptors (Lipinski definition) is 6. The molecule has 1 aromatic rings. The van der Waals surface area contributed by atoms with Crippen LogP contribution in [0.25, 0.3) is 0 Å². The van der Waals surface area contributed by atoms with Gasteiger partial charge < -0.3 is 14.9 Å². The SMILES string of the molecule is OB(O)c1ccc(N2CCC3(CC2)NCCN3)nc1. The van der Waals surface area contributed by atoms with Gasteiger partial charge in [-0.05, 0) is 18.9 Å². The summed E-state index contributed by atoms with van der Waals surface area (Å²) in [4.78, 5) is 6.54. The molecule has 3 heterocycles. The van der Waals surface area contributed by atoms with E-state index >= 15 is 0 Å². The molecule has 0 saturated carbocycles. The van der Waals surface area contributed by atoms with Crippen LogP contribution in [0.3, 0.4) is 0 Å². The van der Waals surface area contributed by atoms with Crippen LogP contribution in [0, 0.1) is 0 Å². The van der Waals surface area contributed by atoms with E-state index in [9.17, 15) is 0 Å². The fourth-order valence-electron chi connectivity index (χ4n) is 2.87. The molecule has 1 spiro atoms. The molecule has 2 fully saturated rings. The third-order valence-corrected chi connectivity index (χ3v) is 4.06. The second-order valence-corrected chi connectivity index (χ2v) is 5.25. The summed E-state index contributed by atoms with van der Waals surface area (Å²) in [6.07, 6.45) is 3.63. The Hall–Kier alpha value is -1.15. The first-order valence-electron chi connectivity index (χ1n) is 6.76. The summed E-state index contributed by atoms with van der Waals surface area (Å²) in [6.45, 7) is 3.99. The van der Waals surface area contributed by atoms with Crippen molar-refractivity contribution in [2.75, 3.05) is 31.1 Å². The highest BCUT2D eigenvalue weighted by molar-refractivity contribution is 6.58. The number of piperidine rings is 1. The van der Waals surface area contributed by atoms with Gasteiger partial charge in [0.1, 0.15) is 5.82 Å². The van der Waals surface area contributed by atoms with Gasteiger partial charge in [-0.3, -0.25) is 10.6 Å². The van der Waals surface area contributed by atoms with Gasteiger partial charge >= 0.3 is 7.12 Å². The van der Waals surface area contributed by atoms with Crippen molar-refractivity contribution in [3.8, 4) is 0 Å². The zero-order valence-corrected chi connectivity index (χ0v) is 10.8. The molecule has 2 aliphatic heterocycles. The van der Waals surface area contributed by atoms with Crippen molar-refractivity contribution in [1.82, 2.24) is 15.6 Å². The van der Waals surface area contributed by atoms with E-state index in [1.165, 1.54) is 6.20 Å². The average Bonchev–Trinajstić information content (AvgIpc) is 2.88. The highest BCUT2D eigenvalue weighted by Gasteiger charge is 2.36. The first kappa shape index (κ1) is 12.9. The van der Waals surface area contributed by atoms with E-state index in [0.717, 1.165) is 44.8 Å². The smallest absolute Gasteiger partial charge is 0.423 e. The van der Waals surface area contributed by atoms with Crippen molar-refractivity contribution >= 4 is 18.4 Å². The van der Waals surface area contributed by atoms with Crippen molar-refractivity contribution in [2.24, 2.45) is 0 Å². The minimum Gasteiger partial charge on any atom is -0.423 e. The number of aromatic nitrogens is 1. The zero-order chi connectivity index (χ0) is 13.3. The monoisotopic (exact) mass is 262 g/mol. The van der Waals surface area contributed by atoms with Crippen LogP contribution in [0.5, 0.6) is 0 Å². The largest absolute Gasteiger partial charge is 0.490 e. The molecule has 0 aromatic carbocycles. The normalized spacial score (nSPS) is 21.9. The summed E-state index contributed by atoms with van der Waals surface area (Å²) in [6, 6.07) is 3.56. The molecule has 19 heavy (non-hydrogen) atoms. The van der Waals surface area contributed by atoms with Crippen LogP contribution in [0.1, 0.15) is 12.8 Å². The maximum Gasteiger partial charge on any atom is 0.490 e. The van der Waals surface area contributed by atoms with Crippen LogP contribution in [-0.2, 0) is 0 Å². The summed E-state index contributed by atoms with van der Waals surface area (Å²) in [5, 5.41) is 25.2. The first-order chi connectivity index (χ1) is 9.19. The molecule has 7 heteroatoms. The number of nitrogens with zero attached hydrogens (tertiary/aromatic N) is 2. The minimum atomic E-state index is -1.45. The van der Waals surface area contributed by atoms with Crippen LogP contribution in [0.15, 0.2) is 18.3 Å². The van der Waals surface area contributed by atoms with Gasteiger partial charge in [0.2, 0.25) is 0 Å². The number of anilines is 1. The predicted molar refractivity (Wildman–Crippen MR) is 74.2 cm³/mol. The second-order valence-electron chi connectivity index (χ2n) is 5.25. The summed E-state index contributed by atoms with van der Waals surface area (Å²) < 4.78 is 0. The van der Waals surface area contributed by atoms with E-state index in [2.05, 4.69) is 20.5 Å². The Labute approximate surface area is 113 Å². The van der Waals surface area contributed by atoms with Crippen LogP contribution < -0.4 is 21.0 Å². The Kier molecular flexibility index (Phi) is 3.45. The van der Waals surface area contributed by atoms with Gasteiger partial charge in [-0.1, -0.05) is 6.07 Å². The lowest BCUT2D eigenvalue weighted by atomic mass is 9.82. The van der Waals surface area contributed by atoms with Gasteiger partial charge in [0.25, 0.3) is 0 Å². The topological polar surface area (TPSA) is 80.7 Å². The Bertz CT molecular complexity index is 424. The van der Waals surface area contributed by atoms with Crippen LogP contribution >= 0.6 is 0 Å². The van der Waals surface area contributed by atoms with Gasteiger partial charge in [0.05, 0.1) is 5.66 Å². The lowest BCUT2D eigenvalue weighted by Gasteiger charge is -2.40. The van der Waals surface area contributed by atoms with E-state index in [1.807, 2.05) is 6.07 Å². The molecule has 2 aliphatic rings. The standard InChI is InChI=1S/C12H19BN4O2/c18-13(19)10-1-2-11(14-9-10)17-7-3-12(4-8-17)15-5-6-16-12/h1-2,9,15-16,18-19H,3-8H2. The summed E-state index contributed by atoms with van der Waals surface area (Å²) in [5.41, 5.74) is 0.550. The Morgan fingerprint density at radius 2 is 1.84 bits per heavy atom. The van der Waals surface area contributed by atoms with Gasteiger partial charge in [0.15, 0.2) is 0 Å². The highest BCUT2D eigenvalue weighted by atomic mass is 16.4. The third kappa shape index (κ3) is 2.60. The van der Waals surface area contributed by atoms with Crippen molar-refractivity contribution in [1.29, 1.82) is 0 Å². The Balaban J connectivity index is 1.64. The fraction of sp³-hybridized carbons (Fsp3) is 0.583. The van der Waals surface area contributed by atoms with Crippen molar-refractivity contribution in [2.45, 2.75) is 18.5 Å². The minimum absolute atomic E-state index is 0.123. The molecule has 0 aliphatic carbocycles. The maximum atomic E-state index is 9.05. The zero-order valence-electron chi connectivity index (χ0n) is 10.8. The molecule has 2 saturated heterocycles. The van der Waals surface area contributed by atoms with Crippen molar-refractivity contribution in [3.63, 3.8) is 0 Å². The molecule has 0 bridgehead atoms. The summed E-state index contributed by atoms with van der Waals surface area (Å²) >= 11 is 0. The highest BCUT2D eigenvalue weighted by Crippen LogP contribution is 2.24. The summed E-state index contributed by atoms with van der Waals surface area (Å²) in [7, 11) is -1.45. The van der Waals surface area contributed by atoms with E-state index in [1.54, 1.807) is 6.07 Å². The number of hydrogen-bond donors (Lipinski definition) is 4. The second kappa shape index (κ2) is 5.09. The van der Waals surface area contributed by atoms with Crippen molar-refractivity contribution < 1.29 is 10.0 Å². The van der Waals surface area contributed by atoms with E-state index < -0.39 is 7.12 Å². The van der Waals surface area contributed by atoms with Gasteiger partial charge in [-0.2, -0.15) is 0 Å². The fourth-order valence-corrected chi connectivity index (χ4v) is 2.87. The molecular formula is C12H19BN4O2. The van der Waals surface area contributed by atoms with Crippen LogP contribution in [-0.4, -0.2) is 54.0 Å². The van der Waals surface area contributed by atoms with Crippen LogP contribution in [0.4, 0.5) is 5.82 Å². The first-order valence-corrected chi connectivity index (χ1v) is 6.76. The number of rotatable bonds is 2. The predicted octanol–water partition coefficient (Wildman–Crippen LogP) is -1.75. The van der Waals surface area contributed by atoms with E-state index in [0.29, 0.717) is 5.46 Å². The number of pyridine rings is 1. The molecule has 6 nitrogen and oxygen atoms in total. The molecule has 1 aromatic heterocycles. The molecular weight excluding hydrogens is 243 g/mol. The lowest BCUT2D eigenvalue weighted by molar-refractivity contribution is 0.263. The average molecular weight is 262 g/mol. The van der Waals surface area contributed by atoms with E-state index in [4.69, 9.17) is 10.0 Å². The lowest BCUT2D eigenvalue weighted by Crippen LogP contribution is -2.56. The molecule has 3 rings (SSSR count). The number of nitrogens with one attached hydrogen (secondary N) is 2. The van der Waals surface area contributed by atoms with E-state index in [-0.39, 0.29) is 5.66 Å². The molecule has 0 unspecified atom stereocenters. The molecule has 0 amide bonds. The summed E-state index contributed by atoms with van der Waals surface area (Å²) in [5.74, 6) is 0.900. The Morgan fingerprint density at radius 3 is 2.37 bits per heavy atom. The maximum absolute atomic E-state index is 9.05. The van der Waals surface area contributed by atoms with Gasteiger partial charge in [0, 0.05) is 37.8 Å². The molecule has 0 atom stereocenters. The Morgan fingerprint density at radius 1 is 1.16 bits per heavy atom. The molecule has 4 N–H and O–H groups in total. The molecule has 0 radical (unpaired) electrons. The quantitative estimate of drug-likeness (QED) is 0.473. The van der Waals surface area contributed by atoms with Gasteiger partial charge in [-0.15, -0.1) is 0 Å². The van der Waals surface area contributed by atoms with Gasteiger partial charge in [-0.25, -0.2) is 4.98 Å². The van der Waals surface area contributed by atoms with Crippen LogP contribution in [0.2, 0.25) is 0 Å².